The van der Waals surface area contributed by atoms with Gasteiger partial charge in [-0.3, -0.25) is 5.32 Å². The van der Waals surface area contributed by atoms with E-state index in [1.807, 2.05) is 38.1 Å². The number of hydrogen-bond donors (Lipinski definition) is 2. The molecule has 1 fully saturated rings. The third kappa shape index (κ3) is 4.60. The molecule has 2 amide bonds. The molecule has 2 aromatic rings. The number of rotatable bonds is 6. The third-order valence-electron chi connectivity index (χ3n) is 4.50. The molecular weight excluding hydrogens is 316 g/mol. The highest BCUT2D eigenvalue weighted by Crippen LogP contribution is 2.26. The molecule has 2 heterocycles. The van der Waals surface area contributed by atoms with Crippen molar-refractivity contribution in [2.75, 3.05) is 18.5 Å². The number of urea groups is 1. The monoisotopic (exact) mass is 342 g/mol. The number of aromatic nitrogens is 2. The molecule has 0 spiro atoms. The van der Waals surface area contributed by atoms with E-state index in [4.69, 9.17) is 4.74 Å². The number of anilines is 1. The van der Waals surface area contributed by atoms with Crippen molar-refractivity contribution in [2.45, 2.75) is 38.8 Å². The van der Waals surface area contributed by atoms with Gasteiger partial charge < -0.3 is 10.1 Å². The summed E-state index contributed by atoms with van der Waals surface area (Å²) in [6, 6.07) is 11.8. The molecule has 3 rings (SSSR count). The molecule has 2 atom stereocenters. The molecule has 6 heteroatoms. The van der Waals surface area contributed by atoms with E-state index in [0.717, 1.165) is 31.6 Å². The van der Waals surface area contributed by atoms with Crippen LogP contribution in [0.15, 0.2) is 42.6 Å². The van der Waals surface area contributed by atoms with E-state index in [1.54, 1.807) is 10.9 Å². The Morgan fingerprint density at radius 1 is 1.32 bits per heavy atom. The van der Waals surface area contributed by atoms with Crippen molar-refractivity contribution in [2.24, 2.45) is 5.92 Å². The number of amides is 2. The normalized spacial score (nSPS) is 18.3. The molecule has 134 valence electrons. The van der Waals surface area contributed by atoms with Crippen molar-refractivity contribution < 1.29 is 9.53 Å². The second-order valence-corrected chi connectivity index (χ2v) is 6.78. The Bertz CT molecular complexity index is 678. The number of carbonyl (C=O) groups excluding carboxylic acids is 1. The van der Waals surface area contributed by atoms with Gasteiger partial charge in [-0.25, -0.2) is 9.48 Å². The summed E-state index contributed by atoms with van der Waals surface area (Å²) in [7, 11) is 0. The van der Waals surface area contributed by atoms with Crippen LogP contribution in [0.3, 0.4) is 0 Å². The fourth-order valence-corrected chi connectivity index (χ4v) is 3.20. The van der Waals surface area contributed by atoms with Gasteiger partial charge in [0, 0.05) is 25.3 Å². The minimum atomic E-state index is -0.213. The Kier molecular flexibility index (Phi) is 5.71. The molecule has 0 radical (unpaired) electrons. The van der Waals surface area contributed by atoms with E-state index in [0.29, 0.717) is 11.7 Å². The Hall–Kier alpha value is -2.34. The van der Waals surface area contributed by atoms with Gasteiger partial charge in [-0.2, -0.15) is 5.10 Å². The van der Waals surface area contributed by atoms with Crippen molar-refractivity contribution in [3.05, 3.63) is 48.2 Å². The Morgan fingerprint density at radius 3 is 2.80 bits per heavy atom. The molecule has 2 unspecified atom stereocenters. The lowest BCUT2D eigenvalue weighted by atomic mass is 9.94. The molecule has 25 heavy (non-hydrogen) atoms. The predicted octanol–water partition coefficient (Wildman–Crippen LogP) is 3.75. The van der Waals surface area contributed by atoms with Crippen molar-refractivity contribution in [3.8, 4) is 0 Å². The largest absolute Gasteiger partial charge is 0.381 e. The first-order valence-corrected chi connectivity index (χ1v) is 8.87. The van der Waals surface area contributed by atoms with Crippen LogP contribution in [0.1, 0.15) is 44.3 Å². The van der Waals surface area contributed by atoms with E-state index in [1.165, 1.54) is 0 Å². The number of nitrogens with zero attached hydrogens (tertiary/aromatic N) is 2. The summed E-state index contributed by atoms with van der Waals surface area (Å²) in [6.07, 6.45) is 3.62. The zero-order valence-electron chi connectivity index (χ0n) is 14.8. The van der Waals surface area contributed by atoms with Gasteiger partial charge >= 0.3 is 6.03 Å². The van der Waals surface area contributed by atoms with Gasteiger partial charge in [0.25, 0.3) is 0 Å². The Labute approximate surface area is 148 Å². The van der Waals surface area contributed by atoms with Crippen molar-refractivity contribution >= 4 is 11.8 Å². The maximum absolute atomic E-state index is 12.5. The molecule has 0 bridgehead atoms. The first-order valence-electron chi connectivity index (χ1n) is 8.87. The number of nitrogens with one attached hydrogen (secondary N) is 2. The number of benzene rings is 1. The first-order chi connectivity index (χ1) is 12.1. The molecule has 1 aliphatic heterocycles. The van der Waals surface area contributed by atoms with Crippen LogP contribution in [-0.4, -0.2) is 29.0 Å². The van der Waals surface area contributed by atoms with Gasteiger partial charge in [0.1, 0.15) is 5.82 Å². The third-order valence-corrected chi connectivity index (χ3v) is 4.50. The summed E-state index contributed by atoms with van der Waals surface area (Å²) in [6.45, 7) is 5.64. The number of carbonyl (C=O) groups is 1. The standard InChI is InChI=1S/C19H26N4O2/c1-14(2)23-18(8-10-20-23)22-19(24)21-17(12-15-9-11-25-13-15)16-6-4-3-5-7-16/h3-8,10,14-15,17H,9,11-13H2,1-2H3,(H2,21,22,24). The van der Waals surface area contributed by atoms with Crippen LogP contribution in [-0.2, 0) is 4.74 Å². The minimum absolute atomic E-state index is 0.0386. The molecule has 1 saturated heterocycles. The van der Waals surface area contributed by atoms with Crippen LogP contribution >= 0.6 is 0 Å². The molecule has 0 aliphatic carbocycles. The Balaban J connectivity index is 1.68. The molecule has 1 aliphatic rings. The van der Waals surface area contributed by atoms with Crippen LogP contribution in [0.2, 0.25) is 0 Å². The van der Waals surface area contributed by atoms with Gasteiger partial charge in [0.05, 0.1) is 12.2 Å². The molecular formula is C19H26N4O2. The predicted molar refractivity (Wildman–Crippen MR) is 97.5 cm³/mol. The summed E-state index contributed by atoms with van der Waals surface area (Å²) in [5, 5.41) is 10.3. The fraction of sp³-hybridized carbons (Fsp3) is 0.474. The lowest BCUT2D eigenvalue weighted by molar-refractivity contribution is 0.181. The van der Waals surface area contributed by atoms with Crippen molar-refractivity contribution in [1.29, 1.82) is 0 Å². The maximum Gasteiger partial charge on any atom is 0.320 e. The topological polar surface area (TPSA) is 68.2 Å². The highest BCUT2D eigenvalue weighted by atomic mass is 16.5. The average Bonchev–Trinajstić information content (AvgIpc) is 3.27. The summed E-state index contributed by atoms with van der Waals surface area (Å²) in [5.41, 5.74) is 1.11. The van der Waals surface area contributed by atoms with Crippen LogP contribution in [0.25, 0.3) is 0 Å². The summed E-state index contributed by atoms with van der Waals surface area (Å²) in [5.74, 6) is 1.18. The van der Waals surface area contributed by atoms with Crippen LogP contribution in [0.4, 0.5) is 10.6 Å². The lowest BCUT2D eigenvalue weighted by Crippen LogP contribution is -2.34. The van der Waals surface area contributed by atoms with Crippen LogP contribution in [0, 0.1) is 5.92 Å². The quantitative estimate of drug-likeness (QED) is 0.840. The maximum atomic E-state index is 12.5. The van der Waals surface area contributed by atoms with E-state index >= 15 is 0 Å². The highest BCUT2D eigenvalue weighted by Gasteiger charge is 2.23. The summed E-state index contributed by atoms with van der Waals surface area (Å²) >= 11 is 0. The zero-order chi connectivity index (χ0) is 17.6. The smallest absolute Gasteiger partial charge is 0.320 e. The van der Waals surface area contributed by atoms with E-state index < -0.39 is 0 Å². The first kappa shape index (κ1) is 17.5. The van der Waals surface area contributed by atoms with Gasteiger partial charge in [-0.05, 0) is 38.2 Å². The van der Waals surface area contributed by atoms with E-state index in [9.17, 15) is 4.79 Å². The van der Waals surface area contributed by atoms with Gasteiger partial charge in [-0.15, -0.1) is 0 Å². The minimum Gasteiger partial charge on any atom is -0.381 e. The summed E-state index contributed by atoms with van der Waals surface area (Å²) < 4.78 is 7.28. The SMILES string of the molecule is CC(C)n1nccc1NC(=O)NC(CC1CCOC1)c1ccccc1. The zero-order valence-corrected chi connectivity index (χ0v) is 14.8. The molecule has 0 saturated carbocycles. The molecule has 1 aromatic carbocycles. The Morgan fingerprint density at radius 2 is 2.12 bits per heavy atom. The van der Waals surface area contributed by atoms with E-state index in [2.05, 4.69) is 27.9 Å². The molecule has 2 N–H and O–H groups in total. The number of ether oxygens (including phenoxy) is 1. The molecule has 1 aromatic heterocycles. The van der Waals surface area contributed by atoms with Crippen LogP contribution < -0.4 is 10.6 Å². The second-order valence-electron chi connectivity index (χ2n) is 6.78. The van der Waals surface area contributed by atoms with Crippen LogP contribution in [0.5, 0.6) is 0 Å². The molecule has 6 nitrogen and oxygen atoms in total. The second kappa shape index (κ2) is 8.16. The fourth-order valence-electron chi connectivity index (χ4n) is 3.20. The van der Waals surface area contributed by atoms with Crippen molar-refractivity contribution in [1.82, 2.24) is 15.1 Å². The van der Waals surface area contributed by atoms with Gasteiger partial charge in [-0.1, -0.05) is 30.3 Å². The highest BCUT2D eigenvalue weighted by molar-refractivity contribution is 5.88. The van der Waals surface area contributed by atoms with Gasteiger partial charge in [0.15, 0.2) is 0 Å². The summed E-state index contributed by atoms with van der Waals surface area (Å²) in [4.78, 5) is 12.5. The van der Waals surface area contributed by atoms with Crippen molar-refractivity contribution in [3.63, 3.8) is 0 Å². The average molecular weight is 342 g/mol. The van der Waals surface area contributed by atoms with E-state index in [-0.39, 0.29) is 18.1 Å². The lowest BCUT2D eigenvalue weighted by Gasteiger charge is -2.22. The van der Waals surface area contributed by atoms with Gasteiger partial charge in [0.2, 0.25) is 0 Å². The number of hydrogen-bond acceptors (Lipinski definition) is 3.